The summed E-state index contributed by atoms with van der Waals surface area (Å²) >= 11 is 12.1. The maximum atomic E-state index is 13.2. The molecule has 3 amide bonds. The summed E-state index contributed by atoms with van der Waals surface area (Å²) < 4.78 is 27.4. The molecule has 35 heavy (non-hydrogen) atoms. The Hall–Kier alpha value is -2.86. The van der Waals surface area contributed by atoms with Crippen molar-refractivity contribution in [2.75, 3.05) is 13.1 Å². The van der Waals surface area contributed by atoms with E-state index >= 15 is 0 Å². The number of amides is 3. The fourth-order valence-corrected chi connectivity index (χ4v) is 6.39. The summed E-state index contributed by atoms with van der Waals surface area (Å²) in [6, 6.07) is 10.1. The van der Waals surface area contributed by atoms with Crippen LogP contribution in [0.15, 0.2) is 53.4 Å². The average molecular weight is 543 g/mol. The van der Waals surface area contributed by atoms with E-state index in [-0.39, 0.29) is 34.5 Å². The number of carboxylic acids is 1. The van der Waals surface area contributed by atoms with E-state index in [2.05, 4.69) is 16.0 Å². The molecular weight excluding hydrogens is 519 g/mol. The first-order valence-corrected chi connectivity index (χ1v) is 12.9. The maximum absolute atomic E-state index is 13.2. The first kappa shape index (κ1) is 26.7. The van der Waals surface area contributed by atoms with Crippen molar-refractivity contribution in [3.63, 3.8) is 0 Å². The smallest absolute Gasteiger partial charge is 0.328 e. The highest BCUT2D eigenvalue weighted by molar-refractivity contribution is 7.89. The molecule has 1 heterocycles. The lowest BCUT2D eigenvalue weighted by molar-refractivity contribution is -0.142. The molecule has 0 aromatic heterocycles. The molecule has 2 aromatic carbocycles. The van der Waals surface area contributed by atoms with Gasteiger partial charge in [-0.15, -0.1) is 0 Å². The van der Waals surface area contributed by atoms with Crippen LogP contribution in [0.2, 0.25) is 10.0 Å². The Kier molecular flexibility index (Phi) is 8.95. The number of carbonyl (C=O) groups is 3. The number of urea groups is 1. The molecule has 1 aliphatic heterocycles. The first-order valence-electron chi connectivity index (χ1n) is 10.7. The molecular formula is C22H24Cl2N4O6S. The highest BCUT2D eigenvalue weighted by Gasteiger charge is 2.42. The normalized spacial score (nSPS) is 16.9. The van der Waals surface area contributed by atoms with Gasteiger partial charge in [0.2, 0.25) is 15.9 Å². The summed E-state index contributed by atoms with van der Waals surface area (Å²) in [5, 5.41) is 16.6. The summed E-state index contributed by atoms with van der Waals surface area (Å²) in [6.07, 6.45) is 0.571. The summed E-state index contributed by atoms with van der Waals surface area (Å²) in [4.78, 5) is 36.3. The van der Waals surface area contributed by atoms with E-state index in [1.165, 1.54) is 18.2 Å². The molecule has 0 spiro atoms. The number of nitrogens with one attached hydrogen (secondary N) is 3. The SMILES string of the molecule is O=C(NCc1ccccc1)NC[C@H](NC(=O)[C@@H]1CCCN1S(=O)(=O)c1c(Cl)cccc1Cl)C(=O)O. The van der Waals surface area contributed by atoms with Gasteiger partial charge in [0.25, 0.3) is 0 Å². The van der Waals surface area contributed by atoms with Crippen molar-refractivity contribution in [1.82, 2.24) is 20.3 Å². The number of carbonyl (C=O) groups excluding carboxylic acids is 2. The van der Waals surface area contributed by atoms with Crippen LogP contribution >= 0.6 is 23.2 Å². The minimum absolute atomic E-state index is 0.0415. The zero-order valence-corrected chi connectivity index (χ0v) is 20.7. The van der Waals surface area contributed by atoms with Crippen LogP contribution in [0.1, 0.15) is 18.4 Å². The fourth-order valence-electron chi connectivity index (χ4n) is 3.64. The van der Waals surface area contributed by atoms with E-state index in [0.717, 1.165) is 9.87 Å². The van der Waals surface area contributed by atoms with E-state index in [9.17, 15) is 27.9 Å². The van der Waals surface area contributed by atoms with Gasteiger partial charge < -0.3 is 21.1 Å². The summed E-state index contributed by atoms with van der Waals surface area (Å²) in [6.45, 7) is -0.131. The van der Waals surface area contributed by atoms with Gasteiger partial charge in [0.1, 0.15) is 17.0 Å². The second kappa shape index (κ2) is 11.7. The van der Waals surface area contributed by atoms with Gasteiger partial charge in [0.15, 0.2) is 0 Å². The van der Waals surface area contributed by atoms with Crippen molar-refractivity contribution in [2.45, 2.75) is 36.4 Å². The van der Waals surface area contributed by atoms with Crippen LogP contribution in [0, 0.1) is 0 Å². The second-order valence-corrected chi connectivity index (χ2v) is 10.4. The summed E-state index contributed by atoms with van der Waals surface area (Å²) in [7, 11) is -4.23. The molecule has 2 aromatic rings. The molecule has 1 saturated heterocycles. The minimum Gasteiger partial charge on any atom is -0.480 e. The molecule has 0 unspecified atom stereocenters. The molecule has 0 aliphatic carbocycles. The molecule has 1 aliphatic rings. The quantitative estimate of drug-likeness (QED) is 0.382. The van der Waals surface area contributed by atoms with Crippen molar-refractivity contribution >= 4 is 51.1 Å². The number of aliphatic carboxylic acids is 1. The van der Waals surface area contributed by atoms with Gasteiger partial charge in [-0.1, -0.05) is 59.6 Å². The number of sulfonamides is 1. The number of hydrogen-bond acceptors (Lipinski definition) is 5. The van der Waals surface area contributed by atoms with E-state index in [1.807, 2.05) is 30.3 Å². The monoisotopic (exact) mass is 542 g/mol. The number of nitrogens with zero attached hydrogens (tertiary/aromatic N) is 1. The van der Waals surface area contributed by atoms with Crippen LogP contribution in [0.3, 0.4) is 0 Å². The van der Waals surface area contributed by atoms with E-state index in [0.29, 0.717) is 6.42 Å². The molecule has 188 valence electrons. The first-order chi connectivity index (χ1) is 16.6. The molecule has 2 atom stereocenters. The Morgan fingerprint density at radius 2 is 1.69 bits per heavy atom. The van der Waals surface area contributed by atoms with Crippen molar-refractivity contribution in [1.29, 1.82) is 0 Å². The molecule has 0 radical (unpaired) electrons. The van der Waals surface area contributed by atoms with Crippen molar-refractivity contribution in [3.8, 4) is 0 Å². The zero-order valence-electron chi connectivity index (χ0n) is 18.4. The third kappa shape index (κ3) is 6.63. The lowest BCUT2D eigenvalue weighted by Crippen LogP contribution is -2.54. The number of rotatable bonds is 9. The van der Waals surface area contributed by atoms with Crippen LogP contribution in [0.25, 0.3) is 0 Å². The predicted molar refractivity (Wildman–Crippen MR) is 130 cm³/mol. The molecule has 13 heteroatoms. The predicted octanol–water partition coefficient (Wildman–Crippen LogP) is 2.22. The Labute approximate surface area is 212 Å². The molecule has 1 fully saturated rings. The van der Waals surface area contributed by atoms with Crippen LogP contribution in [0.5, 0.6) is 0 Å². The van der Waals surface area contributed by atoms with Gasteiger partial charge in [-0.25, -0.2) is 18.0 Å². The van der Waals surface area contributed by atoms with Crippen LogP contribution in [-0.2, 0) is 26.2 Å². The summed E-state index contributed by atoms with van der Waals surface area (Å²) in [5.74, 6) is -2.18. The third-order valence-electron chi connectivity index (χ3n) is 5.37. The van der Waals surface area contributed by atoms with Gasteiger partial charge in [0, 0.05) is 13.1 Å². The van der Waals surface area contributed by atoms with Gasteiger partial charge in [-0.05, 0) is 30.5 Å². The molecule has 4 N–H and O–H groups in total. The molecule has 10 nitrogen and oxygen atoms in total. The van der Waals surface area contributed by atoms with E-state index < -0.39 is 46.6 Å². The minimum atomic E-state index is -4.23. The number of benzene rings is 2. The standard InChI is InChI=1S/C22H24Cl2N4O6S/c23-15-8-4-9-16(24)19(15)35(33,34)28-11-5-10-18(28)20(29)27-17(21(30)31)13-26-22(32)25-12-14-6-2-1-3-7-14/h1-4,6-9,17-18H,5,10-13H2,(H,27,29)(H,30,31)(H2,25,26,32)/t17-,18-/m0/s1. The highest BCUT2D eigenvalue weighted by atomic mass is 35.5. The van der Waals surface area contributed by atoms with Gasteiger partial charge in [-0.2, -0.15) is 4.31 Å². The maximum Gasteiger partial charge on any atom is 0.328 e. The third-order valence-corrected chi connectivity index (χ3v) is 8.23. The number of hydrogen-bond donors (Lipinski definition) is 4. The largest absolute Gasteiger partial charge is 0.480 e. The van der Waals surface area contributed by atoms with Crippen molar-refractivity contribution in [2.24, 2.45) is 0 Å². The number of halogens is 2. The highest BCUT2D eigenvalue weighted by Crippen LogP contribution is 2.34. The Balaban J connectivity index is 1.63. The molecule has 0 bridgehead atoms. The Morgan fingerprint density at radius 1 is 1.03 bits per heavy atom. The van der Waals surface area contributed by atoms with Crippen LogP contribution in [-0.4, -0.2) is 60.9 Å². The van der Waals surface area contributed by atoms with Gasteiger partial charge >= 0.3 is 12.0 Å². The lowest BCUT2D eigenvalue weighted by Gasteiger charge is -2.25. The number of carboxylic acid groups (broad SMARTS) is 1. The molecule has 3 rings (SSSR count). The van der Waals surface area contributed by atoms with Gasteiger partial charge in [-0.3, -0.25) is 4.79 Å². The van der Waals surface area contributed by atoms with Crippen LogP contribution in [0.4, 0.5) is 4.79 Å². The van der Waals surface area contributed by atoms with Crippen molar-refractivity contribution in [3.05, 3.63) is 64.1 Å². The lowest BCUT2D eigenvalue weighted by atomic mass is 10.2. The average Bonchev–Trinajstić information content (AvgIpc) is 3.32. The topological polar surface area (TPSA) is 145 Å². The Bertz CT molecular complexity index is 1180. The fraction of sp³-hybridized carbons (Fsp3) is 0.318. The Morgan fingerprint density at radius 3 is 2.31 bits per heavy atom. The second-order valence-electron chi connectivity index (χ2n) is 7.77. The van der Waals surface area contributed by atoms with Crippen molar-refractivity contribution < 1.29 is 27.9 Å². The molecule has 0 saturated carbocycles. The van der Waals surface area contributed by atoms with Crippen LogP contribution < -0.4 is 16.0 Å². The van der Waals surface area contributed by atoms with E-state index in [4.69, 9.17) is 23.2 Å². The van der Waals surface area contributed by atoms with E-state index in [1.54, 1.807) is 0 Å². The van der Waals surface area contributed by atoms with Gasteiger partial charge in [0.05, 0.1) is 16.6 Å². The summed E-state index contributed by atoms with van der Waals surface area (Å²) in [5.41, 5.74) is 0.854. The zero-order chi connectivity index (χ0) is 25.6.